The van der Waals surface area contributed by atoms with E-state index in [1.54, 1.807) is 0 Å². The Morgan fingerprint density at radius 3 is 2.46 bits per heavy atom. The first-order valence-electron chi connectivity index (χ1n) is 6.20. The molecule has 1 aliphatic rings. The van der Waals surface area contributed by atoms with Crippen LogP contribution in [0.1, 0.15) is 59.8 Å². The zero-order valence-electron chi connectivity index (χ0n) is 9.84. The molecule has 0 bridgehead atoms. The van der Waals surface area contributed by atoms with Crippen LogP contribution in [0.4, 0.5) is 0 Å². The number of rotatable bonds is 5. The van der Waals surface area contributed by atoms with Crippen molar-refractivity contribution >= 4 is 0 Å². The van der Waals surface area contributed by atoms with Gasteiger partial charge in [0.05, 0.1) is 0 Å². The Hall–Kier alpha value is 0. The third-order valence-corrected chi connectivity index (χ3v) is 4.30. The molecule has 1 fully saturated rings. The normalized spacial score (nSPS) is 35.5. The van der Waals surface area contributed by atoms with E-state index in [-0.39, 0.29) is 0 Å². The van der Waals surface area contributed by atoms with E-state index in [1.807, 2.05) is 0 Å². The largest absolute Gasteiger partial charge is 0.0654 e. The lowest BCUT2D eigenvalue weighted by atomic mass is 9.59. The molecule has 0 aromatic heterocycles. The Morgan fingerprint density at radius 1 is 1.31 bits per heavy atom. The fourth-order valence-electron chi connectivity index (χ4n) is 2.83. The Kier molecular flexibility index (Phi) is 4.28. The molecule has 4 unspecified atom stereocenters. The highest BCUT2D eigenvalue weighted by molar-refractivity contribution is 4.88. The van der Waals surface area contributed by atoms with Gasteiger partial charge in [-0.1, -0.05) is 53.4 Å². The molecule has 0 heteroatoms. The topological polar surface area (TPSA) is 0 Å². The van der Waals surface area contributed by atoms with Gasteiger partial charge in [-0.2, -0.15) is 0 Å². The van der Waals surface area contributed by atoms with E-state index in [0.717, 1.165) is 23.7 Å². The van der Waals surface area contributed by atoms with Crippen molar-refractivity contribution in [3.05, 3.63) is 0 Å². The molecule has 1 saturated carbocycles. The van der Waals surface area contributed by atoms with E-state index in [2.05, 4.69) is 27.7 Å². The molecular weight excluding hydrogens is 156 g/mol. The summed E-state index contributed by atoms with van der Waals surface area (Å²) in [6.45, 7) is 9.53. The SMILES string of the molecule is CCCCC1CC(C(C)CC)C1C. The minimum Gasteiger partial charge on any atom is -0.0654 e. The first-order chi connectivity index (χ1) is 6.20. The summed E-state index contributed by atoms with van der Waals surface area (Å²) in [4.78, 5) is 0. The fraction of sp³-hybridized carbons (Fsp3) is 1.00. The summed E-state index contributed by atoms with van der Waals surface area (Å²) in [7, 11) is 0. The smallest absolute Gasteiger partial charge is 0.0357 e. The highest BCUT2D eigenvalue weighted by atomic mass is 14.4. The molecule has 1 rings (SSSR count). The zero-order chi connectivity index (χ0) is 9.84. The third-order valence-electron chi connectivity index (χ3n) is 4.30. The molecule has 1 aliphatic carbocycles. The molecule has 0 nitrogen and oxygen atoms in total. The highest BCUT2D eigenvalue weighted by Crippen LogP contribution is 2.47. The first-order valence-corrected chi connectivity index (χ1v) is 6.20. The van der Waals surface area contributed by atoms with Gasteiger partial charge in [-0.05, 0) is 30.1 Å². The fourth-order valence-corrected chi connectivity index (χ4v) is 2.83. The van der Waals surface area contributed by atoms with Gasteiger partial charge in [-0.3, -0.25) is 0 Å². The van der Waals surface area contributed by atoms with Crippen LogP contribution >= 0.6 is 0 Å². The van der Waals surface area contributed by atoms with Crippen LogP contribution in [0.3, 0.4) is 0 Å². The van der Waals surface area contributed by atoms with E-state index < -0.39 is 0 Å². The van der Waals surface area contributed by atoms with Gasteiger partial charge in [0.15, 0.2) is 0 Å². The number of unbranched alkanes of at least 4 members (excludes halogenated alkanes) is 1. The molecule has 0 heterocycles. The summed E-state index contributed by atoms with van der Waals surface area (Å²) in [6, 6.07) is 0. The van der Waals surface area contributed by atoms with E-state index in [1.165, 1.54) is 32.1 Å². The maximum Gasteiger partial charge on any atom is -0.0357 e. The van der Waals surface area contributed by atoms with Crippen molar-refractivity contribution in [3.63, 3.8) is 0 Å². The molecule has 78 valence electrons. The van der Waals surface area contributed by atoms with E-state index in [4.69, 9.17) is 0 Å². The zero-order valence-corrected chi connectivity index (χ0v) is 9.84. The molecule has 0 aliphatic heterocycles. The average molecular weight is 182 g/mol. The summed E-state index contributed by atoms with van der Waals surface area (Å²) >= 11 is 0. The molecule has 0 amide bonds. The standard InChI is InChI=1S/C13H26/c1-5-7-8-12-9-13(11(12)4)10(3)6-2/h10-13H,5-9H2,1-4H3. The van der Waals surface area contributed by atoms with Gasteiger partial charge in [-0.15, -0.1) is 0 Å². The van der Waals surface area contributed by atoms with Crippen LogP contribution in [0, 0.1) is 23.7 Å². The predicted molar refractivity (Wildman–Crippen MR) is 59.7 cm³/mol. The molecular formula is C13H26. The van der Waals surface area contributed by atoms with Crippen LogP contribution < -0.4 is 0 Å². The summed E-state index contributed by atoms with van der Waals surface area (Å²) in [6.07, 6.45) is 7.20. The minimum absolute atomic E-state index is 0.966. The summed E-state index contributed by atoms with van der Waals surface area (Å²) in [5.74, 6) is 4.10. The van der Waals surface area contributed by atoms with Gasteiger partial charge in [-0.25, -0.2) is 0 Å². The van der Waals surface area contributed by atoms with Crippen LogP contribution in [-0.4, -0.2) is 0 Å². The average Bonchev–Trinajstić information content (AvgIpc) is 2.15. The van der Waals surface area contributed by atoms with Gasteiger partial charge in [0.25, 0.3) is 0 Å². The lowest BCUT2D eigenvalue weighted by molar-refractivity contribution is 0.0342. The molecule has 0 saturated heterocycles. The summed E-state index contributed by atoms with van der Waals surface area (Å²) in [5.41, 5.74) is 0. The Labute approximate surface area is 84.1 Å². The van der Waals surface area contributed by atoms with Gasteiger partial charge in [0, 0.05) is 0 Å². The number of hydrogen-bond donors (Lipinski definition) is 0. The van der Waals surface area contributed by atoms with Crippen LogP contribution in [0.15, 0.2) is 0 Å². The second-order valence-electron chi connectivity index (χ2n) is 5.05. The quantitative estimate of drug-likeness (QED) is 0.587. The Balaban J connectivity index is 2.22. The van der Waals surface area contributed by atoms with Gasteiger partial charge in [0.1, 0.15) is 0 Å². The second kappa shape index (κ2) is 5.02. The lowest BCUT2D eigenvalue weighted by Crippen LogP contribution is -2.38. The van der Waals surface area contributed by atoms with Crippen molar-refractivity contribution in [2.45, 2.75) is 59.8 Å². The minimum atomic E-state index is 0.966. The Bertz CT molecular complexity index is 139. The molecule has 0 spiro atoms. The van der Waals surface area contributed by atoms with E-state index in [9.17, 15) is 0 Å². The molecule has 0 aromatic carbocycles. The maximum absolute atomic E-state index is 2.47. The van der Waals surface area contributed by atoms with Gasteiger partial charge < -0.3 is 0 Å². The Morgan fingerprint density at radius 2 is 2.00 bits per heavy atom. The second-order valence-corrected chi connectivity index (χ2v) is 5.05. The first kappa shape index (κ1) is 11.1. The van der Waals surface area contributed by atoms with Gasteiger partial charge >= 0.3 is 0 Å². The number of hydrogen-bond acceptors (Lipinski definition) is 0. The van der Waals surface area contributed by atoms with E-state index in [0.29, 0.717) is 0 Å². The predicted octanol–water partition coefficient (Wildman–Crippen LogP) is 4.49. The molecule has 4 atom stereocenters. The maximum atomic E-state index is 2.47. The monoisotopic (exact) mass is 182 g/mol. The van der Waals surface area contributed by atoms with E-state index >= 15 is 0 Å². The van der Waals surface area contributed by atoms with Crippen molar-refractivity contribution in [3.8, 4) is 0 Å². The van der Waals surface area contributed by atoms with Crippen LogP contribution in [0.5, 0.6) is 0 Å². The van der Waals surface area contributed by atoms with Crippen LogP contribution in [-0.2, 0) is 0 Å². The molecule has 0 aromatic rings. The third kappa shape index (κ3) is 2.48. The van der Waals surface area contributed by atoms with Crippen molar-refractivity contribution in [1.29, 1.82) is 0 Å². The van der Waals surface area contributed by atoms with Gasteiger partial charge in [0.2, 0.25) is 0 Å². The van der Waals surface area contributed by atoms with Crippen molar-refractivity contribution in [1.82, 2.24) is 0 Å². The van der Waals surface area contributed by atoms with Crippen molar-refractivity contribution in [2.24, 2.45) is 23.7 Å². The summed E-state index contributed by atoms with van der Waals surface area (Å²) in [5, 5.41) is 0. The molecule has 13 heavy (non-hydrogen) atoms. The highest BCUT2D eigenvalue weighted by Gasteiger charge is 2.38. The summed E-state index contributed by atoms with van der Waals surface area (Å²) < 4.78 is 0. The molecule has 0 N–H and O–H groups in total. The lowest BCUT2D eigenvalue weighted by Gasteiger charge is -2.46. The van der Waals surface area contributed by atoms with Crippen molar-refractivity contribution in [2.75, 3.05) is 0 Å². The van der Waals surface area contributed by atoms with Crippen molar-refractivity contribution < 1.29 is 0 Å². The van der Waals surface area contributed by atoms with Crippen LogP contribution in [0.2, 0.25) is 0 Å². The molecule has 0 radical (unpaired) electrons. The van der Waals surface area contributed by atoms with Crippen LogP contribution in [0.25, 0.3) is 0 Å².